The zero-order valence-corrected chi connectivity index (χ0v) is 15.4. The van der Waals surface area contributed by atoms with E-state index in [1.165, 1.54) is 0 Å². The topological polar surface area (TPSA) is 90.1 Å². The second kappa shape index (κ2) is 7.11. The van der Waals surface area contributed by atoms with Crippen LogP contribution in [0.5, 0.6) is 0 Å². The van der Waals surface area contributed by atoms with Crippen molar-refractivity contribution >= 4 is 22.6 Å². The molecule has 0 aliphatic heterocycles. The van der Waals surface area contributed by atoms with Gasteiger partial charge in [0.1, 0.15) is 11.4 Å². The Labute approximate surface area is 151 Å². The molecule has 1 N–H and O–H groups in total. The molecule has 0 aliphatic rings. The Morgan fingerprint density at radius 3 is 2.77 bits per heavy atom. The fourth-order valence-corrected chi connectivity index (χ4v) is 2.54. The van der Waals surface area contributed by atoms with E-state index in [-0.39, 0.29) is 12.4 Å². The first kappa shape index (κ1) is 17.8. The van der Waals surface area contributed by atoms with Crippen molar-refractivity contribution in [1.29, 1.82) is 0 Å². The number of ether oxygens (including phenoxy) is 1. The summed E-state index contributed by atoms with van der Waals surface area (Å²) in [5.41, 5.74) is 0.365. The van der Waals surface area contributed by atoms with Crippen LogP contribution in [0.2, 0.25) is 0 Å². The summed E-state index contributed by atoms with van der Waals surface area (Å²) in [5.74, 6) is 1.51. The molecule has 1 aromatic carbocycles. The minimum absolute atomic E-state index is 0.242. The molecular formula is C19H22N4O3. The van der Waals surface area contributed by atoms with Gasteiger partial charge in [-0.2, -0.15) is 4.98 Å². The summed E-state index contributed by atoms with van der Waals surface area (Å²) in [6, 6.07) is 7.82. The molecule has 0 atom stereocenters. The molecule has 136 valence electrons. The van der Waals surface area contributed by atoms with Gasteiger partial charge in [-0.05, 0) is 38.3 Å². The summed E-state index contributed by atoms with van der Waals surface area (Å²) in [6.07, 6.45) is 2.00. The van der Waals surface area contributed by atoms with Crippen molar-refractivity contribution in [3.63, 3.8) is 0 Å². The van der Waals surface area contributed by atoms with Gasteiger partial charge in [0.2, 0.25) is 11.7 Å². The fraction of sp³-hybridized carbons (Fsp3) is 0.368. The number of pyridine rings is 1. The SMILES string of the molecule is Cc1nc(-c2ccc3ccnc(NCCC(=O)OC(C)(C)C)c3c2)no1. The van der Waals surface area contributed by atoms with Crippen molar-refractivity contribution in [3.8, 4) is 11.4 Å². The quantitative estimate of drug-likeness (QED) is 0.698. The standard InChI is InChI=1S/C19H22N4O3/c1-12-22-17(23-26-12)14-6-5-13-7-9-20-18(15(13)11-14)21-10-8-16(24)25-19(2,3)4/h5-7,9,11H,8,10H2,1-4H3,(H,20,21). The summed E-state index contributed by atoms with van der Waals surface area (Å²) in [6.45, 7) is 7.75. The molecule has 0 aliphatic carbocycles. The first-order chi connectivity index (χ1) is 12.3. The number of esters is 1. The molecule has 0 saturated carbocycles. The molecule has 0 saturated heterocycles. The number of fused-ring (bicyclic) bond motifs is 1. The Balaban J connectivity index is 1.77. The van der Waals surface area contributed by atoms with Gasteiger partial charge in [-0.1, -0.05) is 17.3 Å². The van der Waals surface area contributed by atoms with Gasteiger partial charge < -0.3 is 14.6 Å². The van der Waals surface area contributed by atoms with E-state index in [0.717, 1.165) is 16.3 Å². The highest BCUT2D eigenvalue weighted by Crippen LogP contribution is 2.26. The van der Waals surface area contributed by atoms with Gasteiger partial charge in [-0.15, -0.1) is 0 Å². The van der Waals surface area contributed by atoms with Gasteiger partial charge in [-0.3, -0.25) is 4.79 Å². The molecule has 26 heavy (non-hydrogen) atoms. The molecule has 0 amide bonds. The third-order valence-corrected chi connectivity index (χ3v) is 3.59. The predicted molar refractivity (Wildman–Crippen MR) is 98.7 cm³/mol. The minimum Gasteiger partial charge on any atom is -0.460 e. The minimum atomic E-state index is -0.480. The maximum atomic E-state index is 11.8. The Morgan fingerprint density at radius 2 is 2.08 bits per heavy atom. The maximum absolute atomic E-state index is 11.8. The molecular weight excluding hydrogens is 332 g/mol. The van der Waals surface area contributed by atoms with Crippen LogP contribution in [0.25, 0.3) is 22.2 Å². The normalized spacial score (nSPS) is 11.5. The molecule has 0 radical (unpaired) electrons. The van der Waals surface area contributed by atoms with E-state index < -0.39 is 5.60 Å². The van der Waals surface area contributed by atoms with Crippen molar-refractivity contribution < 1.29 is 14.1 Å². The third-order valence-electron chi connectivity index (χ3n) is 3.59. The van der Waals surface area contributed by atoms with Crippen LogP contribution in [0.15, 0.2) is 35.0 Å². The molecule has 0 fully saturated rings. The number of nitrogens with one attached hydrogen (secondary N) is 1. The molecule has 7 nitrogen and oxygen atoms in total. The Bertz CT molecular complexity index is 928. The molecule has 0 spiro atoms. The van der Waals surface area contributed by atoms with E-state index in [9.17, 15) is 4.79 Å². The van der Waals surface area contributed by atoms with Gasteiger partial charge >= 0.3 is 5.97 Å². The number of carbonyl (C=O) groups excluding carboxylic acids is 1. The molecule has 3 aromatic rings. The summed E-state index contributed by atoms with van der Waals surface area (Å²) >= 11 is 0. The van der Waals surface area contributed by atoms with Crippen molar-refractivity contribution in [2.75, 3.05) is 11.9 Å². The van der Waals surface area contributed by atoms with Crippen LogP contribution < -0.4 is 5.32 Å². The molecule has 0 bridgehead atoms. The van der Waals surface area contributed by atoms with Gasteiger partial charge in [0.05, 0.1) is 6.42 Å². The van der Waals surface area contributed by atoms with E-state index in [4.69, 9.17) is 9.26 Å². The smallest absolute Gasteiger partial charge is 0.308 e. The van der Waals surface area contributed by atoms with Crippen molar-refractivity contribution in [1.82, 2.24) is 15.1 Å². The van der Waals surface area contributed by atoms with Crippen molar-refractivity contribution in [2.24, 2.45) is 0 Å². The van der Waals surface area contributed by atoms with Crippen molar-refractivity contribution in [3.05, 3.63) is 36.4 Å². The summed E-state index contributed by atoms with van der Waals surface area (Å²) in [4.78, 5) is 20.5. The van der Waals surface area contributed by atoms with Gasteiger partial charge in [-0.25, -0.2) is 4.98 Å². The Kier molecular flexibility index (Phi) is 4.88. The number of carbonyl (C=O) groups is 1. The second-order valence-electron chi connectivity index (χ2n) is 7.00. The molecule has 2 aromatic heterocycles. The summed E-state index contributed by atoms with van der Waals surface area (Å²) in [5, 5.41) is 9.12. The second-order valence-corrected chi connectivity index (χ2v) is 7.00. The number of aromatic nitrogens is 3. The van der Waals surface area contributed by atoms with Crippen LogP contribution in [0.4, 0.5) is 5.82 Å². The first-order valence-electron chi connectivity index (χ1n) is 8.47. The van der Waals surface area contributed by atoms with Crippen LogP contribution in [-0.2, 0) is 9.53 Å². The van der Waals surface area contributed by atoms with E-state index in [1.54, 1.807) is 13.1 Å². The van der Waals surface area contributed by atoms with Crippen LogP contribution in [0.1, 0.15) is 33.1 Å². The number of aryl methyl sites for hydroxylation is 1. The molecule has 7 heteroatoms. The average Bonchev–Trinajstić information content (AvgIpc) is 2.99. The highest BCUT2D eigenvalue weighted by molar-refractivity contribution is 5.94. The third kappa shape index (κ3) is 4.36. The van der Waals surface area contributed by atoms with E-state index in [2.05, 4.69) is 20.4 Å². The van der Waals surface area contributed by atoms with Gasteiger partial charge in [0.25, 0.3) is 0 Å². The summed E-state index contributed by atoms with van der Waals surface area (Å²) in [7, 11) is 0. The zero-order chi connectivity index (χ0) is 18.7. The Hall–Kier alpha value is -2.96. The van der Waals surface area contributed by atoms with Crippen LogP contribution >= 0.6 is 0 Å². The van der Waals surface area contributed by atoms with Crippen LogP contribution in [0, 0.1) is 6.92 Å². The maximum Gasteiger partial charge on any atom is 0.308 e. The van der Waals surface area contributed by atoms with Gasteiger partial charge in [0, 0.05) is 30.6 Å². The zero-order valence-electron chi connectivity index (χ0n) is 15.4. The highest BCUT2D eigenvalue weighted by Gasteiger charge is 2.16. The first-order valence-corrected chi connectivity index (χ1v) is 8.47. The largest absolute Gasteiger partial charge is 0.460 e. The highest BCUT2D eigenvalue weighted by atomic mass is 16.6. The van der Waals surface area contributed by atoms with Gasteiger partial charge in [0.15, 0.2) is 0 Å². The Morgan fingerprint density at radius 1 is 1.27 bits per heavy atom. The average molecular weight is 354 g/mol. The lowest BCUT2D eigenvalue weighted by Crippen LogP contribution is -2.25. The monoisotopic (exact) mass is 354 g/mol. The number of anilines is 1. The number of rotatable bonds is 5. The lowest BCUT2D eigenvalue weighted by atomic mass is 10.1. The molecule has 0 unspecified atom stereocenters. The molecule has 2 heterocycles. The van der Waals surface area contributed by atoms with E-state index >= 15 is 0 Å². The predicted octanol–water partition coefficient (Wildman–Crippen LogP) is 3.74. The number of nitrogens with zero attached hydrogens (tertiary/aromatic N) is 3. The van der Waals surface area contributed by atoms with Crippen molar-refractivity contribution in [2.45, 2.75) is 39.7 Å². The number of hydrogen-bond donors (Lipinski definition) is 1. The number of hydrogen-bond acceptors (Lipinski definition) is 7. The van der Waals surface area contributed by atoms with Crippen LogP contribution in [-0.4, -0.2) is 33.2 Å². The lowest BCUT2D eigenvalue weighted by molar-refractivity contribution is -0.154. The summed E-state index contributed by atoms with van der Waals surface area (Å²) < 4.78 is 10.4. The van der Waals surface area contributed by atoms with Crippen LogP contribution in [0.3, 0.4) is 0 Å². The fourth-order valence-electron chi connectivity index (χ4n) is 2.54. The molecule has 3 rings (SSSR count). The van der Waals surface area contributed by atoms with E-state index in [1.807, 2.05) is 45.0 Å². The lowest BCUT2D eigenvalue weighted by Gasteiger charge is -2.19. The van der Waals surface area contributed by atoms with E-state index in [0.29, 0.717) is 24.1 Å². The number of benzene rings is 1.